The lowest BCUT2D eigenvalue weighted by molar-refractivity contribution is -0.875. The summed E-state index contributed by atoms with van der Waals surface area (Å²) in [5.74, 6) is -1.76. The lowest BCUT2D eigenvalue weighted by Crippen LogP contribution is -2.56. The molecule has 0 aromatic carbocycles. The Morgan fingerprint density at radius 1 is 0.710 bits per heavy atom. The predicted octanol–water partition coefficient (Wildman–Crippen LogP) is 3.37. The first-order chi connectivity index (χ1) is 14.6. The molecule has 0 aliphatic carbocycles. The van der Waals surface area contributed by atoms with E-state index in [1.165, 1.54) is 64.2 Å². The van der Waals surface area contributed by atoms with Crippen LogP contribution in [-0.4, -0.2) is 66.3 Å². The third-order valence-electron chi connectivity index (χ3n) is 5.75. The normalized spacial score (nSPS) is 13.8. The second-order valence-electron chi connectivity index (χ2n) is 10.2. The molecule has 0 radical (unpaired) electrons. The summed E-state index contributed by atoms with van der Waals surface area (Å²) < 4.78 is 0.320. The molecule has 2 N–H and O–H groups in total. The molecule has 0 heterocycles. The molecule has 0 aliphatic rings. The largest absolute Gasteiger partial charge is 0.550 e. The number of unbranched alkanes of at least 4 members (excludes halogenated alkanes) is 14. The second-order valence-corrected chi connectivity index (χ2v) is 10.2. The number of aliphatic hydroxyl groups excluding tert-OH is 1. The van der Waals surface area contributed by atoms with Crippen LogP contribution in [0.15, 0.2) is 0 Å². The molecule has 0 saturated carbocycles. The molecule has 6 heteroatoms. The third-order valence-corrected chi connectivity index (χ3v) is 5.75. The maximum Gasteiger partial charge on any atom is 0.177 e. The molecule has 0 saturated heterocycles. The zero-order valence-corrected chi connectivity index (χ0v) is 20.5. The molecule has 6 nitrogen and oxygen atoms in total. The van der Waals surface area contributed by atoms with Gasteiger partial charge in [-0.1, -0.05) is 83.5 Å². The van der Waals surface area contributed by atoms with Crippen LogP contribution in [0.25, 0.3) is 0 Å². The van der Waals surface area contributed by atoms with Gasteiger partial charge in [0.2, 0.25) is 0 Å². The van der Waals surface area contributed by atoms with Crippen molar-refractivity contribution in [1.29, 1.82) is 0 Å². The van der Waals surface area contributed by atoms with E-state index in [-0.39, 0.29) is 18.7 Å². The van der Waals surface area contributed by atoms with Crippen LogP contribution in [0, 0.1) is 0 Å². The highest BCUT2D eigenvalue weighted by atomic mass is 16.4. The van der Waals surface area contributed by atoms with E-state index in [0.717, 1.165) is 25.7 Å². The van der Waals surface area contributed by atoms with Gasteiger partial charge < -0.3 is 24.6 Å². The average Bonchev–Trinajstić information content (AvgIpc) is 2.65. The SMILES string of the molecule is C[N+](C)(C)C[C@](O)(CC(=O)[O-])C(=O)CCCCCCCCCCCCCCCCCO. The minimum absolute atomic E-state index is 0.0729. The Bertz CT molecular complexity index is 475. The Kier molecular flexibility index (Phi) is 17.0. The molecule has 0 fully saturated rings. The summed E-state index contributed by atoms with van der Waals surface area (Å²) in [6.45, 7) is 0.395. The topological polar surface area (TPSA) is 97.7 Å². The van der Waals surface area contributed by atoms with E-state index in [1.54, 1.807) is 0 Å². The highest BCUT2D eigenvalue weighted by molar-refractivity contribution is 5.90. The van der Waals surface area contributed by atoms with Crippen molar-refractivity contribution in [2.45, 2.75) is 115 Å². The number of aliphatic carboxylic acids is 1. The van der Waals surface area contributed by atoms with Crippen LogP contribution in [0.1, 0.15) is 109 Å². The monoisotopic (exact) mass is 443 g/mol. The average molecular weight is 444 g/mol. The van der Waals surface area contributed by atoms with Crippen molar-refractivity contribution >= 4 is 11.8 Å². The van der Waals surface area contributed by atoms with E-state index in [4.69, 9.17) is 5.11 Å². The lowest BCUT2D eigenvalue weighted by atomic mass is 9.89. The van der Waals surface area contributed by atoms with Gasteiger partial charge >= 0.3 is 0 Å². The van der Waals surface area contributed by atoms with E-state index in [2.05, 4.69) is 0 Å². The number of carboxylic acid groups (broad SMARTS) is 1. The Labute approximate surface area is 190 Å². The fourth-order valence-electron chi connectivity index (χ4n) is 4.19. The number of rotatable bonds is 22. The van der Waals surface area contributed by atoms with Crippen molar-refractivity contribution in [2.75, 3.05) is 34.3 Å². The molecule has 0 amide bonds. The quantitative estimate of drug-likeness (QED) is 0.197. The maximum absolute atomic E-state index is 12.5. The smallest absolute Gasteiger partial charge is 0.177 e. The summed E-state index contributed by atoms with van der Waals surface area (Å²) in [7, 11) is 5.48. The standard InChI is InChI=1S/C25H49NO5/c1-26(2,3)22-25(31,21-24(29)30)23(28)19-17-15-13-11-9-7-5-4-6-8-10-12-14-16-18-20-27/h27,31H,4-22H2,1-3H3/t25-/m1/s1. The van der Waals surface area contributed by atoms with Gasteiger partial charge in [-0.15, -0.1) is 0 Å². The Balaban J connectivity index is 3.70. The van der Waals surface area contributed by atoms with E-state index < -0.39 is 18.0 Å². The number of hydrogen-bond acceptors (Lipinski definition) is 5. The van der Waals surface area contributed by atoms with Crippen LogP contribution < -0.4 is 5.11 Å². The minimum Gasteiger partial charge on any atom is -0.550 e. The lowest BCUT2D eigenvalue weighted by Gasteiger charge is -2.34. The zero-order valence-electron chi connectivity index (χ0n) is 20.5. The van der Waals surface area contributed by atoms with Gasteiger partial charge in [0, 0.05) is 25.4 Å². The molecule has 0 spiro atoms. The molecule has 0 aromatic heterocycles. The number of aliphatic hydroxyl groups is 2. The van der Waals surface area contributed by atoms with Gasteiger partial charge in [-0.05, 0) is 12.8 Å². The summed E-state index contributed by atoms with van der Waals surface area (Å²) in [6, 6.07) is 0. The molecular formula is C25H49NO5. The first-order valence-corrected chi connectivity index (χ1v) is 12.5. The molecule has 0 aliphatic heterocycles. The number of quaternary nitrogens is 1. The Hall–Kier alpha value is -0.980. The predicted molar refractivity (Wildman–Crippen MR) is 123 cm³/mol. The number of carbonyl (C=O) groups excluding carboxylic acids is 2. The van der Waals surface area contributed by atoms with Crippen LogP contribution in [0.2, 0.25) is 0 Å². The third kappa shape index (κ3) is 18.3. The van der Waals surface area contributed by atoms with Crippen LogP contribution in [-0.2, 0) is 9.59 Å². The first-order valence-electron chi connectivity index (χ1n) is 12.5. The van der Waals surface area contributed by atoms with Crippen molar-refractivity contribution < 1.29 is 29.4 Å². The van der Waals surface area contributed by atoms with E-state index >= 15 is 0 Å². The molecule has 184 valence electrons. The molecule has 1 atom stereocenters. The minimum atomic E-state index is -1.84. The molecule has 0 aromatic rings. The molecular weight excluding hydrogens is 394 g/mol. The van der Waals surface area contributed by atoms with Crippen molar-refractivity contribution in [2.24, 2.45) is 0 Å². The van der Waals surface area contributed by atoms with Crippen LogP contribution in [0.3, 0.4) is 0 Å². The molecule has 0 rings (SSSR count). The van der Waals surface area contributed by atoms with E-state index in [9.17, 15) is 19.8 Å². The van der Waals surface area contributed by atoms with Crippen LogP contribution >= 0.6 is 0 Å². The van der Waals surface area contributed by atoms with Gasteiger partial charge in [0.25, 0.3) is 0 Å². The van der Waals surface area contributed by atoms with Crippen molar-refractivity contribution in [3.8, 4) is 0 Å². The number of nitrogens with zero attached hydrogens (tertiary/aromatic N) is 1. The van der Waals surface area contributed by atoms with Gasteiger partial charge in [-0.2, -0.15) is 0 Å². The van der Waals surface area contributed by atoms with Crippen molar-refractivity contribution in [3.63, 3.8) is 0 Å². The Morgan fingerprint density at radius 2 is 1.06 bits per heavy atom. The fourth-order valence-corrected chi connectivity index (χ4v) is 4.19. The Morgan fingerprint density at radius 3 is 1.39 bits per heavy atom. The summed E-state index contributed by atoms with van der Waals surface area (Å²) in [5, 5.41) is 30.3. The summed E-state index contributed by atoms with van der Waals surface area (Å²) >= 11 is 0. The number of ketones is 1. The van der Waals surface area contributed by atoms with Gasteiger partial charge in [0.15, 0.2) is 11.4 Å². The van der Waals surface area contributed by atoms with Gasteiger partial charge in [-0.3, -0.25) is 4.79 Å². The van der Waals surface area contributed by atoms with Crippen molar-refractivity contribution in [1.82, 2.24) is 0 Å². The van der Waals surface area contributed by atoms with Gasteiger partial charge in [0.1, 0.15) is 6.54 Å². The van der Waals surface area contributed by atoms with Crippen LogP contribution in [0.5, 0.6) is 0 Å². The number of carboxylic acids is 1. The molecule has 0 unspecified atom stereocenters. The molecule has 0 bridgehead atoms. The number of hydrogen-bond donors (Lipinski definition) is 2. The van der Waals surface area contributed by atoms with Crippen LogP contribution in [0.4, 0.5) is 0 Å². The second kappa shape index (κ2) is 17.6. The highest BCUT2D eigenvalue weighted by Crippen LogP contribution is 2.20. The van der Waals surface area contributed by atoms with E-state index in [1.807, 2.05) is 21.1 Å². The number of likely N-dealkylation sites (N-methyl/N-ethyl adjacent to an activating group) is 1. The van der Waals surface area contributed by atoms with Gasteiger partial charge in [0.05, 0.1) is 21.1 Å². The van der Waals surface area contributed by atoms with Gasteiger partial charge in [-0.25, -0.2) is 0 Å². The van der Waals surface area contributed by atoms with E-state index in [0.29, 0.717) is 17.5 Å². The summed E-state index contributed by atoms with van der Waals surface area (Å²) in [4.78, 5) is 23.5. The summed E-state index contributed by atoms with van der Waals surface area (Å²) in [5.41, 5.74) is -1.84. The zero-order chi connectivity index (χ0) is 23.6. The first kappa shape index (κ1) is 30.0. The summed E-state index contributed by atoms with van der Waals surface area (Å²) in [6.07, 6.45) is 17.2. The fraction of sp³-hybridized carbons (Fsp3) is 0.920. The molecule has 31 heavy (non-hydrogen) atoms. The maximum atomic E-state index is 12.5. The van der Waals surface area contributed by atoms with Crippen molar-refractivity contribution in [3.05, 3.63) is 0 Å². The highest BCUT2D eigenvalue weighted by Gasteiger charge is 2.40. The number of carbonyl (C=O) groups is 2. The number of Topliss-reactive ketones (excluding diaryl/α,β-unsaturated/α-hetero) is 1.